The normalized spacial score (nSPS) is 9.86. The lowest BCUT2D eigenvalue weighted by molar-refractivity contribution is 0.102. The summed E-state index contributed by atoms with van der Waals surface area (Å²) >= 11 is 0. The summed E-state index contributed by atoms with van der Waals surface area (Å²) in [6.45, 7) is -0.0855. The van der Waals surface area contributed by atoms with E-state index in [0.29, 0.717) is 5.82 Å². The molecule has 21 heavy (non-hydrogen) atoms. The van der Waals surface area contributed by atoms with Gasteiger partial charge in [-0.05, 0) is 18.2 Å². The molecular weight excluding hydrogens is 273 g/mol. The molecule has 2 N–H and O–H groups in total. The molecule has 1 aromatic carbocycles. The van der Waals surface area contributed by atoms with Crippen molar-refractivity contribution < 1.29 is 14.3 Å². The van der Waals surface area contributed by atoms with Gasteiger partial charge in [-0.15, -0.1) is 0 Å². The highest BCUT2D eigenvalue weighted by atomic mass is 19.1. The second kappa shape index (κ2) is 6.68. The van der Waals surface area contributed by atoms with Crippen molar-refractivity contribution in [2.45, 2.75) is 6.42 Å². The van der Waals surface area contributed by atoms with Crippen LogP contribution in [0.25, 0.3) is 0 Å². The van der Waals surface area contributed by atoms with Crippen molar-refractivity contribution in [3.63, 3.8) is 0 Å². The van der Waals surface area contributed by atoms with Gasteiger partial charge in [-0.3, -0.25) is 9.48 Å². The van der Waals surface area contributed by atoms with Gasteiger partial charge < -0.3 is 10.4 Å². The summed E-state index contributed by atoms with van der Waals surface area (Å²) in [6.07, 6.45) is 1.96. The molecule has 1 amide bonds. The Morgan fingerprint density at radius 1 is 1.48 bits per heavy atom. The van der Waals surface area contributed by atoms with E-state index in [1.165, 1.54) is 18.2 Å². The molecular formula is C15H14FN3O2. The van der Waals surface area contributed by atoms with Gasteiger partial charge in [0.2, 0.25) is 0 Å². The number of amides is 1. The third-order valence-electron chi connectivity index (χ3n) is 2.64. The average Bonchev–Trinajstić information content (AvgIpc) is 2.84. The minimum Gasteiger partial charge on any atom is -0.395 e. The van der Waals surface area contributed by atoms with Crippen molar-refractivity contribution in [2.75, 3.05) is 11.9 Å². The maximum absolute atomic E-state index is 13.3. The first-order chi connectivity index (χ1) is 10.1. The Balaban J connectivity index is 2.26. The SMILES string of the molecule is Cn1ccc(NC(=O)c2ccc(F)cc2C#CCCO)n1. The van der Waals surface area contributed by atoms with Crippen LogP contribution in [-0.4, -0.2) is 27.4 Å². The molecule has 5 nitrogen and oxygen atoms in total. The van der Waals surface area contributed by atoms with Gasteiger partial charge in [0.15, 0.2) is 5.82 Å². The zero-order valence-electron chi connectivity index (χ0n) is 11.4. The van der Waals surface area contributed by atoms with Crippen molar-refractivity contribution in [3.8, 4) is 11.8 Å². The van der Waals surface area contributed by atoms with E-state index in [2.05, 4.69) is 22.3 Å². The van der Waals surface area contributed by atoms with E-state index >= 15 is 0 Å². The molecule has 0 atom stereocenters. The highest BCUT2D eigenvalue weighted by molar-refractivity contribution is 6.05. The van der Waals surface area contributed by atoms with E-state index in [-0.39, 0.29) is 24.2 Å². The number of aryl methyl sites for hydroxylation is 1. The molecule has 0 saturated heterocycles. The molecule has 2 rings (SSSR count). The van der Waals surface area contributed by atoms with Gasteiger partial charge in [0.1, 0.15) is 5.82 Å². The summed E-state index contributed by atoms with van der Waals surface area (Å²) in [7, 11) is 1.74. The van der Waals surface area contributed by atoms with Gasteiger partial charge in [-0.25, -0.2) is 4.39 Å². The smallest absolute Gasteiger partial charge is 0.258 e. The maximum Gasteiger partial charge on any atom is 0.258 e. The fourth-order valence-electron chi connectivity index (χ4n) is 1.70. The lowest BCUT2D eigenvalue weighted by atomic mass is 10.1. The third-order valence-corrected chi connectivity index (χ3v) is 2.64. The number of benzene rings is 1. The average molecular weight is 287 g/mol. The monoisotopic (exact) mass is 287 g/mol. The zero-order valence-corrected chi connectivity index (χ0v) is 11.4. The fourth-order valence-corrected chi connectivity index (χ4v) is 1.70. The molecule has 0 radical (unpaired) electrons. The fraction of sp³-hybridized carbons (Fsp3) is 0.200. The Kier molecular flexibility index (Phi) is 4.69. The molecule has 0 unspecified atom stereocenters. The Morgan fingerprint density at radius 3 is 2.95 bits per heavy atom. The molecule has 6 heteroatoms. The number of hydrogen-bond donors (Lipinski definition) is 2. The second-order valence-electron chi connectivity index (χ2n) is 4.29. The number of nitrogens with zero attached hydrogens (tertiary/aromatic N) is 2. The van der Waals surface area contributed by atoms with Crippen LogP contribution in [0.5, 0.6) is 0 Å². The van der Waals surface area contributed by atoms with Crippen LogP contribution in [0.3, 0.4) is 0 Å². The third kappa shape index (κ3) is 3.91. The van der Waals surface area contributed by atoms with E-state index in [1.54, 1.807) is 24.0 Å². The molecule has 0 fully saturated rings. The van der Waals surface area contributed by atoms with Gasteiger partial charge in [0.05, 0.1) is 12.2 Å². The number of nitrogens with one attached hydrogen (secondary N) is 1. The number of hydrogen-bond acceptors (Lipinski definition) is 3. The first kappa shape index (κ1) is 14.8. The van der Waals surface area contributed by atoms with Crippen LogP contribution in [0.4, 0.5) is 10.2 Å². The number of aromatic nitrogens is 2. The molecule has 0 spiro atoms. The van der Waals surface area contributed by atoms with Crippen molar-refractivity contribution >= 4 is 11.7 Å². The second-order valence-corrected chi connectivity index (χ2v) is 4.29. The van der Waals surface area contributed by atoms with E-state index in [4.69, 9.17) is 5.11 Å². The van der Waals surface area contributed by atoms with Gasteiger partial charge in [-0.1, -0.05) is 11.8 Å². The molecule has 0 bridgehead atoms. The van der Waals surface area contributed by atoms with Crippen LogP contribution in [0.1, 0.15) is 22.3 Å². The molecule has 0 aliphatic heterocycles. The summed E-state index contributed by atoms with van der Waals surface area (Å²) in [5.74, 6) is 4.88. The Morgan fingerprint density at radius 2 is 2.29 bits per heavy atom. The van der Waals surface area contributed by atoms with Crippen LogP contribution in [0.2, 0.25) is 0 Å². The van der Waals surface area contributed by atoms with Crippen molar-refractivity contribution in [1.29, 1.82) is 0 Å². The lowest BCUT2D eigenvalue weighted by Gasteiger charge is -2.05. The van der Waals surface area contributed by atoms with Gasteiger partial charge in [0.25, 0.3) is 5.91 Å². The summed E-state index contributed by atoms with van der Waals surface area (Å²) in [4.78, 5) is 12.2. The standard InChI is InChI=1S/C15H14FN3O2/c1-19-8-7-14(18-19)17-15(21)13-6-5-12(16)10-11(13)4-2-3-9-20/h5-8,10,20H,3,9H2,1H3,(H,17,18,21). The Bertz CT molecular complexity index is 713. The molecule has 1 heterocycles. The van der Waals surface area contributed by atoms with Crippen LogP contribution < -0.4 is 5.32 Å². The van der Waals surface area contributed by atoms with E-state index in [9.17, 15) is 9.18 Å². The van der Waals surface area contributed by atoms with Crippen LogP contribution in [0.15, 0.2) is 30.5 Å². The van der Waals surface area contributed by atoms with E-state index < -0.39 is 11.7 Å². The molecule has 108 valence electrons. The summed E-state index contributed by atoms with van der Waals surface area (Å²) in [5, 5.41) is 15.4. The Labute approximate surface area is 121 Å². The quantitative estimate of drug-likeness (QED) is 0.842. The zero-order chi connectivity index (χ0) is 15.2. The molecule has 1 aromatic heterocycles. The van der Waals surface area contributed by atoms with E-state index in [0.717, 1.165) is 0 Å². The molecule has 0 aliphatic rings. The molecule has 2 aromatic rings. The van der Waals surface area contributed by atoms with Gasteiger partial charge in [0, 0.05) is 31.3 Å². The topological polar surface area (TPSA) is 67.2 Å². The van der Waals surface area contributed by atoms with Crippen LogP contribution >= 0.6 is 0 Å². The number of anilines is 1. The van der Waals surface area contributed by atoms with Gasteiger partial charge >= 0.3 is 0 Å². The first-order valence-corrected chi connectivity index (χ1v) is 6.30. The lowest BCUT2D eigenvalue weighted by Crippen LogP contribution is -2.14. The van der Waals surface area contributed by atoms with Crippen molar-refractivity contribution in [1.82, 2.24) is 9.78 Å². The van der Waals surface area contributed by atoms with Gasteiger partial charge in [-0.2, -0.15) is 5.10 Å². The summed E-state index contributed by atoms with van der Waals surface area (Å²) < 4.78 is 14.8. The van der Waals surface area contributed by atoms with Crippen molar-refractivity contribution in [2.24, 2.45) is 7.05 Å². The number of carbonyl (C=O) groups excluding carboxylic acids is 1. The maximum atomic E-state index is 13.3. The Hall–Kier alpha value is -2.65. The highest BCUT2D eigenvalue weighted by Gasteiger charge is 2.12. The number of aliphatic hydroxyl groups excluding tert-OH is 1. The van der Waals surface area contributed by atoms with Crippen LogP contribution in [0, 0.1) is 17.7 Å². The van der Waals surface area contributed by atoms with E-state index in [1.807, 2.05) is 0 Å². The van der Waals surface area contributed by atoms with Crippen LogP contribution in [-0.2, 0) is 7.05 Å². The highest BCUT2D eigenvalue weighted by Crippen LogP contribution is 2.13. The molecule has 0 aliphatic carbocycles. The number of aliphatic hydroxyl groups is 1. The number of rotatable bonds is 3. The predicted molar refractivity (Wildman–Crippen MR) is 76.1 cm³/mol. The largest absolute Gasteiger partial charge is 0.395 e. The number of carbonyl (C=O) groups is 1. The minimum absolute atomic E-state index is 0.0855. The summed E-state index contributed by atoms with van der Waals surface area (Å²) in [6, 6.07) is 5.41. The molecule has 0 saturated carbocycles. The number of halogens is 1. The summed E-state index contributed by atoms with van der Waals surface area (Å²) in [5.41, 5.74) is 0.532. The van der Waals surface area contributed by atoms with Crippen molar-refractivity contribution in [3.05, 3.63) is 47.4 Å². The first-order valence-electron chi connectivity index (χ1n) is 6.30. The predicted octanol–water partition coefficient (Wildman–Crippen LogP) is 1.55. The minimum atomic E-state index is -0.474.